The molecule has 0 radical (unpaired) electrons. The van der Waals surface area contributed by atoms with Gasteiger partial charge in [0, 0.05) is 25.7 Å². The van der Waals surface area contributed by atoms with Crippen LogP contribution in [0.1, 0.15) is 30.5 Å². The number of benzene rings is 2. The third-order valence-corrected chi connectivity index (χ3v) is 7.04. The van der Waals surface area contributed by atoms with E-state index in [4.69, 9.17) is 0 Å². The maximum atomic E-state index is 13.0. The minimum Gasteiger partial charge on any atom is -0.330 e. The zero-order valence-corrected chi connectivity index (χ0v) is 16.3. The second kappa shape index (κ2) is 6.94. The molecule has 2 aromatic carbocycles. The molecule has 3 amide bonds. The molecule has 0 bridgehead atoms. The van der Waals surface area contributed by atoms with Crippen molar-refractivity contribution in [3.05, 3.63) is 59.7 Å². The number of rotatable bonds is 3. The van der Waals surface area contributed by atoms with Crippen molar-refractivity contribution in [2.75, 3.05) is 18.0 Å². The molecule has 1 saturated heterocycles. The van der Waals surface area contributed by atoms with E-state index < -0.39 is 16.1 Å². The van der Waals surface area contributed by atoms with E-state index in [-0.39, 0.29) is 23.4 Å². The molecule has 8 heteroatoms. The Balaban J connectivity index is 1.56. The first-order valence-electron chi connectivity index (χ1n) is 9.17. The molecule has 0 aliphatic carbocycles. The second-order valence-electron chi connectivity index (χ2n) is 6.99. The van der Waals surface area contributed by atoms with Gasteiger partial charge in [-0.2, -0.15) is 0 Å². The zero-order chi connectivity index (χ0) is 19.9. The van der Waals surface area contributed by atoms with Gasteiger partial charge in [0.25, 0.3) is 10.0 Å². The largest absolute Gasteiger partial charge is 0.331 e. The van der Waals surface area contributed by atoms with Crippen molar-refractivity contribution in [2.24, 2.45) is 0 Å². The maximum absolute atomic E-state index is 13.0. The Morgan fingerprint density at radius 1 is 1.11 bits per heavy atom. The average molecular weight is 399 g/mol. The smallest absolute Gasteiger partial charge is 0.330 e. The summed E-state index contributed by atoms with van der Waals surface area (Å²) < 4.78 is 27.0. The summed E-state index contributed by atoms with van der Waals surface area (Å²) in [5.41, 5.74) is 2.49. The highest BCUT2D eigenvalue weighted by Crippen LogP contribution is 2.32. The lowest BCUT2D eigenvalue weighted by Crippen LogP contribution is -2.50. The van der Waals surface area contributed by atoms with Gasteiger partial charge >= 0.3 is 6.03 Å². The molecule has 2 aliphatic rings. The molecule has 1 atom stereocenters. The van der Waals surface area contributed by atoms with Gasteiger partial charge < -0.3 is 10.2 Å². The Morgan fingerprint density at radius 2 is 1.86 bits per heavy atom. The van der Waals surface area contributed by atoms with Gasteiger partial charge in [-0.15, -0.1) is 0 Å². The van der Waals surface area contributed by atoms with Crippen molar-refractivity contribution in [3.8, 4) is 0 Å². The number of nitrogens with one attached hydrogen (secondary N) is 1. The molecule has 1 N–H and O–H groups in total. The third-order valence-electron chi connectivity index (χ3n) is 5.26. The minimum absolute atomic E-state index is 0.0725. The van der Waals surface area contributed by atoms with Gasteiger partial charge in [-0.1, -0.05) is 30.3 Å². The molecule has 2 aromatic rings. The van der Waals surface area contributed by atoms with Gasteiger partial charge in [-0.3, -0.25) is 4.79 Å². The number of nitrogens with zero attached hydrogens (tertiary/aromatic N) is 2. The third kappa shape index (κ3) is 3.13. The summed E-state index contributed by atoms with van der Waals surface area (Å²) in [6.07, 6.45) is 1.10. The fourth-order valence-corrected chi connectivity index (χ4v) is 5.20. The van der Waals surface area contributed by atoms with Crippen LogP contribution in [0.5, 0.6) is 0 Å². The molecule has 2 aliphatic heterocycles. The standard InChI is InChI=1S/C20H21N3O4S/c1-14(24)22-11-9-16-13-17(7-8-19(16)22)28(26,27)23-12-10-18(21-20(23)25)15-5-3-2-4-6-15/h2-8,13,18H,9-12H2,1H3,(H,21,25). The summed E-state index contributed by atoms with van der Waals surface area (Å²) in [5, 5.41) is 2.79. The molecule has 4 rings (SSSR count). The Kier molecular flexibility index (Phi) is 4.58. The number of fused-ring (bicyclic) bond motifs is 1. The summed E-state index contributed by atoms with van der Waals surface area (Å²) >= 11 is 0. The van der Waals surface area contributed by atoms with Gasteiger partial charge in [0.15, 0.2) is 0 Å². The van der Waals surface area contributed by atoms with Crippen LogP contribution in [-0.4, -0.2) is 37.8 Å². The predicted octanol–water partition coefficient (Wildman–Crippen LogP) is 2.44. The monoisotopic (exact) mass is 399 g/mol. The van der Waals surface area contributed by atoms with Crippen molar-refractivity contribution in [1.29, 1.82) is 0 Å². The van der Waals surface area contributed by atoms with Crippen LogP contribution in [0.2, 0.25) is 0 Å². The maximum Gasteiger partial charge on any atom is 0.331 e. The molecule has 2 heterocycles. The van der Waals surface area contributed by atoms with E-state index in [9.17, 15) is 18.0 Å². The number of urea groups is 1. The second-order valence-corrected chi connectivity index (χ2v) is 8.85. The van der Waals surface area contributed by atoms with Crippen molar-refractivity contribution < 1.29 is 18.0 Å². The summed E-state index contributed by atoms with van der Waals surface area (Å²) in [5.74, 6) is -0.0725. The normalized spacial score (nSPS) is 19.3. The van der Waals surface area contributed by atoms with Crippen LogP contribution in [0.25, 0.3) is 0 Å². The number of carbonyl (C=O) groups is 2. The summed E-state index contributed by atoms with van der Waals surface area (Å²) in [6.45, 7) is 2.14. The number of carbonyl (C=O) groups excluding carboxylic acids is 2. The highest BCUT2D eigenvalue weighted by molar-refractivity contribution is 7.89. The summed E-state index contributed by atoms with van der Waals surface area (Å²) in [6, 6.07) is 13.4. The average Bonchev–Trinajstić information content (AvgIpc) is 3.12. The summed E-state index contributed by atoms with van der Waals surface area (Å²) in [7, 11) is -3.96. The van der Waals surface area contributed by atoms with Crippen LogP contribution < -0.4 is 10.2 Å². The van der Waals surface area contributed by atoms with Crippen LogP contribution >= 0.6 is 0 Å². The van der Waals surface area contributed by atoms with E-state index in [1.165, 1.54) is 13.0 Å². The molecule has 1 unspecified atom stereocenters. The molecule has 7 nitrogen and oxygen atoms in total. The Bertz CT molecular complexity index is 1040. The predicted molar refractivity (Wildman–Crippen MR) is 104 cm³/mol. The number of hydrogen-bond acceptors (Lipinski definition) is 4. The lowest BCUT2D eigenvalue weighted by Gasteiger charge is -2.32. The minimum atomic E-state index is -3.96. The van der Waals surface area contributed by atoms with E-state index in [1.807, 2.05) is 30.3 Å². The molecule has 0 saturated carbocycles. The first-order valence-corrected chi connectivity index (χ1v) is 10.6. The van der Waals surface area contributed by atoms with Gasteiger partial charge in [-0.25, -0.2) is 17.5 Å². The number of hydrogen-bond donors (Lipinski definition) is 1. The van der Waals surface area contributed by atoms with Crippen LogP contribution in [-0.2, 0) is 21.2 Å². The van der Waals surface area contributed by atoms with Crippen LogP contribution in [0.15, 0.2) is 53.4 Å². The lowest BCUT2D eigenvalue weighted by molar-refractivity contribution is -0.116. The Labute approximate surface area is 164 Å². The van der Waals surface area contributed by atoms with E-state index in [1.54, 1.807) is 17.0 Å². The Hall–Kier alpha value is -2.87. The number of amides is 3. The quantitative estimate of drug-likeness (QED) is 0.859. The molecular formula is C20H21N3O4S. The van der Waals surface area contributed by atoms with Gasteiger partial charge in [0.05, 0.1) is 10.9 Å². The van der Waals surface area contributed by atoms with Crippen molar-refractivity contribution >= 4 is 27.6 Å². The van der Waals surface area contributed by atoms with Gasteiger partial charge in [0.2, 0.25) is 5.91 Å². The SMILES string of the molecule is CC(=O)N1CCc2cc(S(=O)(=O)N3CCC(c4ccccc4)NC3=O)ccc21. The highest BCUT2D eigenvalue weighted by Gasteiger charge is 2.36. The van der Waals surface area contributed by atoms with Gasteiger partial charge in [0.1, 0.15) is 0 Å². The summed E-state index contributed by atoms with van der Waals surface area (Å²) in [4.78, 5) is 25.9. The fraction of sp³-hybridized carbons (Fsp3) is 0.300. The van der Waals surface area contributed by atoms with Crippen molar-refractivity contribution in [1.82, 2.24) is 9.62 Å². The topological polar surface area (TPSA) is 86.8 Å². The van der Waals surface area contributed by atoms with Crippen molar-refractivity contribution in [3.63, 3.8) is 0 Å². The number of anilines is 1. The molecule has 0 aromatic heterocycles. The lowest BCUT2D eigenvalue weighted by atomic mass is 10.0. The fourth-order valence-electron chi connectivity index (χ4n) is 3.80. The first kappa shape index (κ1) is 18.5. The van der Waals surface area contributed by atoms with E-state index in [0.717, 1.165) is 21.1 Å². The van der Waals surface area contributed by atoms with Crippen molar-refractivity contribution in [2.45, 2.75) is 30.7 Å². The molecule has 146 valence electrons. The zero-order valence-electron chi connectivity index (χ0n) is 15.5. The molecular weight excluding hydrogens is 378 g/mol. The number of sulfonamides is 1. The Morgan fingerprint density at radius 3 is 2.54 bits per heavy atom. The van der Waals surface area contributed by atoms with E-state index in [2.05, 4.69) is 5.32 Å². The molecule has 1 fully saturated rings. The first-order chi connectivity index (χ1) is 13.4. The highest BCUT2D eigenvalue weighted by atomic mass is 32.2. The van der Waals surface area contributed by atoms with E-state index in [0.29, 0.717) is 19.4 Å². The van der Waals surface area contributed by atoms with Gasteiger partial charge in [-0.05, 0) is 42.2 Å². The molecule has 28 heavy (non-hydrogen) atoms. The van der Waals surface area contributed by atoms with E-state index >= 15 is 0 Å². The molecule has 0 spiro atoms. The van der Waals surface area contributed by atoms with Crippen LogP contribution in [0.4, 0.5) is 10.5 Å². The van der Waals surface area contributed by atoms with Crippen LogP contribution in [0.3, 0.4) is 0 Å². The van der Waals surface area contributed by atoms with Crippen LogP contribution in [0, 0.1) is 0 Å².